The topological polar surface area (TPSA) is 133 Å². The molecule has 0 spiro atoms. The van der Waals surface area contributed by atoms with Gasteiger partial charge in [-0.15, -0.1) is 0 Å². The molecular formula is C21H16Br2N4O6. The Hall–Kier alpha value is -3.69. The molecule has 10 nitrogen and oxygen atoms in total. The summed E-state index contributed by atoms with van der Waals surface area (Å²) in [6, 6.07) is 9.38. The molecule has 3 heterocycles. The molecule has 0 aliphatic heterocycles. The second-order valence-corrected chi connectivity index (χ2v) is 7.36. The number of aromatic nitrogens is 3. The van der Waals surface area contributed by atoms with Crippen molar-refractivity contribution in [3.8, 4) is 0 Å². The van der Waals surface area contributed by atoms with E-state index in [1.807, 2.05) is 0 Å². The number of nitrogens with zero attached hydrogens (tertiary/aromatic N) is 4. The van der Waals surface area contributed by atoms with Gasteiger partial charge in [-0.1, -0.05) is 6.07 Å². The maximum absolute atomic E-state index is 10.9. The summed E-state index contributed by atoms with van der Waals surface area (Å²) in [5.74, 6) is -1.92. The van der Waals surface area contributed by atoms with Gasteiger partial charge in [0.25, 0.3) is 0 Å². The van der Waals surface area contributed by atoms with Crippen LogP contribution < -0.4 is 0 Å². The Kier molecular flexibility index (Phi) is 11.9. The van der Waals surface area contributed by atoms with E-state index in [1.54, 1.807) is 24.4 Å². The zero-order chi connectivity index (χ0) is 24.8. The summed E-state index contributed by atoms with van der Waals surface area (Å²) >= 11 is 6.34. The number of rotatable bonds is 3. The molecule has 0 aliphatic carbocycles. The highest BCUT2D eigenvalue weighted by molar-refractivity contribution is 9.10. The highest BCUT2D eigenvalue weighted by Gasteiger charge is 2.05. The third kappa shape index (κ3) is 9.98. The zero-order valence-corrected chi connectivity index (χ0v) is 20.4. The van der Waals surface area contributed by atoms with E-state index >= 15 is 0 Å². The Morgan fingerprint density at radius 2 is 1.21 bits per heavy atom. The minimum atomic E-state index is -1.01. The molecule has 3 aromatic heterocycles. The first-order chi connectivity index (χ1) is 15.7. The van der Waals surface area contributed by atoms with Gasteiger partial charge >= 0.3 is 17.9 Å². The Balaban J connectivity index is 0.000000249. The SMILES string of the molecule is COC(=O)c1ccc(Br)cn1.O=C(O)c1ccc(Br)cn1.[C-]#[N+]c1ccc(C(=O)OC)nc1. The van der Waals surface area contributed by atoms with Crippen LogP contribution in [-0.4, -0.2) is 52.2 Å². The number of carbonyl (C=O) groups excluding carboxylic acids is 2. The van der Waals surface area contributed by atoms with Gasteiger partial charge < -0.3 is 14.6 Å². The van der Waals surface area contributed by atoms with E-state index in [1.165, 1.54) is 44.8 Å². The lowest BCUT2D eigenvalue weighted by molar-refractivity contribution is 0.0585. The van der Waals surface area contributed by atoms with Crippen molar-refractivity contribution in [3.05, 3.63) is 92.4 Å². The fourth-order valence-corrected chi connectivity index (χ4v) is 2.25. The van der Waals surface area contributed by atoms with Crippen LogP contribution in [0.3, 0.4) is 0 Å². The number of carboxylic acids is 1. The van der Waals surface area contributed by atoms with Crippen LogP contribution in [0.25, 0.3) is 4.85 Å². The predicted molar refractivity (Wildman–Crippen MR) is 124 cm³/mol. The van der Waals surface area contributed by atoms with Crippen LogP contribution in [0.1, 0.15) is 31.5 Å². The lowest BCUT2D eigenvalue weighted by Crippen LogP contribution is -2.02. The summed E-state index contributed by atoms with van der Waals surface area (Å²) in [7, 11) is 2.61. The Labute approximate surface area is 205 Å². The lowest BCUT2D eigenvalue weighted by Gasteiger charge is -1.96. The quantitative estimate of drug-likeness (QED) is 0.349. The zero-order valence-electron chi connectivity index (χ0n) is 17.2. The van der Waals surface area contributed by atoms with E-state index in [2.05, 4.69) is 61.1 Å². The van der Waals surface area contributed by atoms with Crippen LogP contribution in [0, 0.1) is 6.57 Å². The summed E-state index contributed by atoms with van der Waals surface area (Å²) in [6.07, 6.45) is 4.33. The Morgan fingerprint density at radius 1 is 0.788 bits per heavy atom. The molecule has 0 atom stereocenters. The molecule has 33 heavy (non-hydrogen) atoms. The minimum absolute atomic E-state index is 0.0585. The number of pyridine rings is 3. The average Bonchev–Trinajstić information content (AvgIpc) is 2.84. The molecule has 0 saturated carbocycles. The molecular weight excluding hydrogens is 564 g/mol. The number of carboxylic acid groups (broad SMARTS) is 1. The molecule has 0 unspecified atom stereocenters. The van der Waals surface area contributed by atoms with E-state index in [0.29, 0.717) is 11.4 Å². The maximum atomic E-state index is 10.9. The van der Waals surface area contributed by atoms with Crippen LogP contribution in [0.2, 0.25) is 0 Å². The predicted octanol–water partition coefficient (Wildman–Crippen LogP) is 4.59. The molecule has 0 amide bonds. The highest BCUT2D eigenvalue weighted by atomic mass is 79.9. The first kappa shape index (κ1) is 27.3. The normalized spacial score (nSPS) is 9.06. The molecule has 1 N–H and O–H groups in total. The molecule has 0 aromatic carbocycles. The number of halogens is 2. The summed E-state index contributed by atoms with van der Waals surface area (Å²) in [4.78, 5) is 46.2. The Morgan fingerprint density at radius 3 is 1.52 bits per heavy atom. The second-order valence-electron chi connectivity index (χ2n) is 5.53. The second kappa shape index (κ2) is 14.4. The molecule has 0 aliphatic rings. The van der Waals surface area contributed by atoms with Crippen molar-refractivity contribution in [2.45, 2.75) is 0 Å². The van der Waals surface area contributed by atoms with Crippen molar-refractivity contribution in [2.75, 3.05) is 14.2 Å². The largest absolute Gasteiger partial charge is 0.477 e. The number of hydrogen-bond donors (Lipinski definition) is 1. The molecule has 3 rings (SSSR count). The van der Waals surface area contributed by atoms with Crippen LogP contribution in [-0.2, 0) is 9.47 Å². The van der Waals surface area contributed by atoms with E-state index < -0.39 is 17.9 Å². The molecule has 0 saturated heterocycles. The van der Waals surface area contributed by atoms with Gasteiger partial charge in [0.05, 0.1) is 20.8 Å². The van der Waals surface area contributed by atoms with E-state index in [9.17, 15) is 14.4 Å². The fourth-order valence-electron chi connectivity index (χ4n) is 1.78. The van der Waals surface area contributed by atoms with Crippen molar-refractivity contribution in [3.63, 3.8) is 0 Å². The van der Waals surface area contributed by atoms with Crippen molar-refractivity contribution >= 4 is 55.5 Å². The third-order valence-corrected chi connectivity index (χ3v) is 4.28. The number of hydrogen-bond acceptors (Lipinski definition) is 8. The standard InChI is InChI=1S/C8H6N2O2.C7H6BrNO2.C6H4BrNO2/c1-9-6-3-4-7(10-5-6)8(11)12-2;1-11-7(10)6-3-2-5(8)4-9-6;7-4-1-2-5(6(9)10)8-3-4/h3-5H,2H3;2-4H,1H3;1-3H,(H,9,10). The van der Waals surface area contributed by atoms with Gasteiger partial charge in [-0.05, 0) is 62.2 Å². The minimum Gasteiger partial charge on any atom is -0.477 e. The van der Waals surface area contributed by atoms with Gasteiger partial charge in [0, 0.05) is 27.5 Å². The summed E-state index contributed by atoms with van der Waals surface area (Å²) in [6.45, 7) is 6.64. The summed E-state index contributed by atoms with van der Waals surface area (Å²) in [5, 5.41) is 8.40. The van der Waals surface area contributed by atoms with E-state index in [0.717, 1.165) is 8.95 Å². The lowest BCUT2D eigenvalue weighted by atomic mass is 10.3. The number of carbonyl (C=O) groups is 3. The average molecular weight is 580 g/mol. The third-order valence-electron chi connectivity index (χ3n) is 3.34. The Bertz CT molecular complexity index is 1120. The van der Waals surface area contributed by atoms with E-state index in [-0.39, 0.29) is 11.4 Å². The van der Waals surface area contributed by atoms with Crippen LogP contribution in [0.5, 0.6) is 0 Å². The number of aromatic carboxylic acids is 1. The van der Waals surface area contributed by atoms with Crippen molar-refractivity contribution in [2.24, 2.45) is 0 Å². The van der Waals surface area contributed by atoms with Gasteiger partial charge in [0.2, 0.25) is 5.69 Å². The van der Waals surface area contributed by atoms with Gasteiger partial charge in [0.15, 0.2) is 0 Å². The van der Waals surface area contributed by atoms with Crippen LogP contribution >= 0.6 is 31.9 Å². The van der Waals surface area contributed by atoms with E-state index in [4.69, 9.17) is 11.7 Å². The summed E-state index contributed by atoms with van der Waals surface area (Å²) < 4.78 is 10.5. The smallest absolute Gasteiger partial charge is 0.356 e. The molecule has 0 radical (unpaired) electrons. The molecule has 0 fully saturated rings. The molecule has 12 heteroatoms. The molecule has 170 valence electrons. The van der Waals surface area contributed by atoms with Crippen LogP contribution in [0.15, 0.2) is 63.9 Å². The first-order valence-corrected chi connectivity index (χ1v) is 10.3. The molecule has 3 aromatic rings. The number of methoxy groups -OCH3 is 2. The maximum Gasteiger partial charge on any atom is 0.356 e. The molecule has 0 bridgehead atoms. The van der Waals surface area contributed by atoms with Gasteiger partial charge in [-0.3, -0.25) is 4.98 Å². The first-order valence-electron chi connectivity index (χ1n) is 8.68. The van der Waals surface area contributed by atoms with Gasteiger partial charge in [0.1, 0.15) is 17.1 Å². The summed E-state index contributed by atoms with van der Waals surface area (Å²) in [5.41, 5.74) is 0.992. The highest BCUT2D eigenvalue weighted by Crippen LogP contribution is 2.10. The van der Waals surface area contributed by atoms with Gasteiger partial charge in [-0.25, -0.2) is 29.2 Å². The van der Waals surface area contributed by atoms with Crippen molar-refractivity contribution in [1.29, 1.82) is 0 Å². The monoisotopic (exact) mass is 578 g/mol. The van der Waals surface area contributed by atoms with Crippen molar-refractivity contribution < 1.29 is 29.0 Å². The fraction of sp³-hybridized carbons (Fsp3) is 0.0952. The number of ether oxygens (including phenoxy) is 2. The van der Waals surface area contributed by atoms with Gasteiger partial charge in [-0.2, -0.15) is 0 Å². The van der Waals surface area contributed by atoms with Crippen molar-refractivity contribution in [1.82, 2.24) is 15.0 Å². The number of esters is 2. The van der Waals surface area contributed by atoms with Crippen LogP contribution in [0.4, 0.5) is 5.69 Å².